The van der Waals surface area contributed by atoms with Gasteiger partial charge >= 0.3 is 0 Å². The van der Waals surface area contributed by atoms with Crippen molar-refractivity contribution < 1.29 is 9.47 Å². The molecule has 0 aromatic heterocycles. The van der Waals surface area contributed by atoms with Crippen LogP contribution in [-0.2, 0) is 17.6 Å². The Kier molecular flexibility index (Phi) is 4.88. The molecule has 1 aliphatic rings. The monoisotopic (exact) mass is 362 g/mol. The molecule has 1 heterocycles. The normalized spacial score (nSPS) is 15.5. The summed E-state index contributed by atoms with van der Waals surface area (Å²) in [7, 11) is 1.73. The molecule has 0 amide bonds. The van der Waals surface area contributed by atoms with Crippen molar-refractivity contribution in [2.45, 2.75) is 24.1 Å². The predicted octanol–water partition coefficient (Wildman–Crippen LogP) is 3.73. The summed E-state index contributed by atoms with van der Waals surface area (Å²) in [5.41, 5.74) is 2.62. The van der Waals surface area contributed by atoms with E-state index in [0.29, 0.717) is 4.83 Å². The number of fused-ring (bicyclic) bond motifs is 1. The first kappa shape index (κ1) is 13.4. The zero-order valence-corrected chi connectivity index (χ0v) is 13.0. The number of aryl methyl sites for hydroxylation is 1. The van der Waals surface area contributed by atoms with E-state index >= 15 is 0 Å². The number of rotatable bonds is 5. The van der Waals surface area contributed by atoms with Gasteiger partial charge in [0.1, 0.15) is 5.75 Å². The maximum Gasteiger partial charge on any atom is 0.125 e. The highest BCUT2D eigenvalue weighted by molar-refractivity contribution is 9.10. The molecule has 1 aromatic carbocycles. The zero-order chi connectivity index (χ0) is 12.3. The number of methoxy groups -OCH3 is 1. The Bertz CT molecular complexity index is 393. The van der Waals surface area contributed by atoms with E-state index in [1.54, 1.807) is 7.11 Å². The summed E-state index contributed by atoms with van der Waals surface area (Å²) in [5, 5.41) is 0. The summed E-state index contributed by atoms with van der Waals surface area (Å²) < 4.78 is 12.0. The van der Waals surface area contributed by atoms with Gasteiger partial charge < -0.3 is 9.47 Å². The summed E-state index contributed by atoms with van der Waals surface area (Å²) in [5.74, 6) is 1.10. The van der Waals surface area contributed by atoms with Crippen molar-refractivity contribution in [3.63, 3.8) is 0 Å². The van der Waals surface area contributed by atoms with Gasteiger partial charge in [0.25, 0.3) is 0 Å². The second kappa shape index (κ2) is 6.21. The molecule has 0 radical (unpaired) electrons. The minimum Gasteiger partial charge on any atom is -0.493 e. The number of benzene rings is 1. The van der Waals surface area contributed by atoms with E-state index < -0.39 is 0 Å². The molecule has 0 spiro atoms. The number of alkyl halides is 1. The molecule has 1 aliphatic heterocycles. The molecule has 1 unspecified atom stereocenters. The maximum atomic E-state index is 5.71. The van der Waals surface area contributed by atoms with Crippen LogP contribution in [0.1, 0.15) is 17.5 Å². The molecule has 94 valence electrons. The van der Waals surface area contributed by atoms with Crippen molar-refractivity contribution in [1.82, 2.24) is 0 Å². The lowest BCUT2D eigenvalue weighted by Crippen LogP contribution is -2.08. The summed E-state index contributed by atoms with van der Waals surface area (Å²) >= 11 is 7.18. The van der Waals surface area contributed by atoms with Crippen LogP contribution in [0.3, 0.4) is 0 Å². The van der Waals surface area contributed by atoms with Crippen molar-refractivity contribution in [2.75, 3.05) is 20.3 Å². The molecular formula is C13H16Br2O2. The first-order valence-corrected chi connectivity index (χ1v) is 7.48. The van der Waals surface area contributed by atoms with Crippen LogP contribution in [0.25, 0.3) is 0 Å². The Morgan fingerprint density at radius 3 is 3.06 bits per heavy atom. The van der Waals surface area contributed by atoms with Crippen molar-refractivity contribution in [1.29, 1.82) is 0 Å². The number of halogens is 2. The highest BCUT2D eigenvalue weighted by Crippen LogP contribution is 2.34. The highest BCUT2D eigenvalue weighted by atomic mass is 79.9. The number of hydrogen-bond donors (Lipinski definition) is 0. The average Bonchev–Trinajstić information content (AvgIpc) is 2.74. The smallest absolute Gasteiger partial charge is 0.125 e. The van der Waals surface area contributed by atoms with Gasteiger partial charge in [0, 0.05) is 22.8 Å². The third-order valence-corrected chi connectivity index (χ3v) is 4.08. The second-order valence-electron chi connectivity index (χ2n) is 4.24. The molecule has 1 aromatic rings. The lowest BCUT2D eigenvalue weighted by molar-refractivity contribution is 0.198. The minimum absolute atomic E-state index is 0.406. The van der Waals surface area contributed by atoms with Crippen LogP contribution in [-0.4, -0.2) is 25.2 Å². The van der Waals surface area contributed by atoms with Gasteiger partial charge in [0.15, 0.2) is 0 Å². The van der Waals surface area contributed by atoms with Gasteiger partial charge in [-0.15, -0.1) is 0 Å². The van der Waals surface area contributed by atoms with Crippen molar-refractivity contribution in [2.24, 2.45) is 0 Å². The molecule has 17 heavy (non-hydrogen) atoms. The fourth-order valence-electron chi connectivity index (χ4n) is 2.11. The molecule has 0 fully saturated rings. The predicted molar refractivity (Wildman–Crippen MR) is 76.3 cm³/mol. The fourth-order valence-corrected chi connectivity index (χ4v) is 3.15. The molecule has 1 atom stereocenters. The van der Waals surface area contributed by atoms with Crippen LogP contribution in [0, 0.1) is 0 Å². The third kappa shape index (κ3) is 3.46. The Hall–Kier alpha value is -0.0600. The summed E-state index contributed by atoms with van der Waals surface area (Å²) in [6.07, 6.45) is 3.10. The van der Waals surface area contributed by atoms with E-state index in [-0.39, 0.29) is 0 Å². The largest absolute Gasteiger partial charge is 0.493 e. The molecule has 4 heteroatoms. The molecule has 0 saturated carbocycles. The molecular weight excluding hydrogens is 348 g/mol. The molecule has 0 bridgehead atoms. The molecule has 0 aliphatic carbocycles. The van der Waals surface area contributed by atoms with Gasteiger partial charge in [0.2, 0.25) is 0 Å². The van der Waals surface area contributed by atoms with Gasteiger partial charge in [-0.25, -0.2) is 0 Å². The Labute approximate surface area is 119 Å². The standard InChI is InChI=1S/C13H16Br2O2/c1-16-8-11(14)3-2-9-6-12(15)7-10-4-5-17-13(9)10/h6-7,11H,2-5,8H2,1H3. The van der Waals surface area contributed by atoms with Gasteiger partial charge in [-0.2, -0.15) is 0 Å². The zero-order valence-electron chi connectivity index (χ0n) is 9.84. The lowest BCUT2D eigenvalue weighted by Gasteiger charge is -2.11. The number of ether oxygens (including phenoxy) is 2. The van der Waals surface area contributed by atoms with E-state index in [4.69, 9.17) is 9.47 Å². The van der Waals surface area contributed by atoms with Gasteiger partial charge in [0.05, 0.1) is 13.2 Å². The first-order chi connectivity index (χ1) is 8.20. The van der Waals surface area contributed by atoms with E-state index in [1.165, 1.54) is 11.1 Å². The van der Waals surface area contributed by atoms with Crippen LogP contribution in [0.15, 0.2) is 16.6 Å². The maximum absolute atomic E-state index is 5.71. The summed E-state index contributed by atoms with van der Waals surface area (Å²) in [4.78, 5) is 0.406. The van der Waals surface area contributed by atoms with E-state index in [0.717, 1.165) is 42.7 Å². The summed E-state index contributed by atoms with van der Waals surface area (Å²) in [6, 6.07) is 4.32. The SMILES string of the molecule is COCC(Br)CCc1cc(Br)cc2c1OCC2. The van der Waals surface area contributed by atoms with Crippen molar-refractivity contribution in [3.05, 3.63) is 27.7 Å². The molecule has 0 saturated heterocycles. The average molecular weight is 364 g/mol. The Balaban J connectivity index is 2.05. The minimum atomic E-state index is 0.406. The van der Waals surface area contributed by atoms with Crippen molar-refractivity contribution in [3.8, 4) is 5.75 Å². The van der Waals surface area contributed by atoms with Crippen LogP contribution >= 0.6 is 31.9 Å². The van der Waals surface area contributed by atoms with Gasteiger partial charge in [-0.1, -0.05) is 31.9 Å². The third-order valence-electron chi connectivity index (χ3n) is 2.90. The first-order valence-electron chi connectivity index (χ1n) is 5.78. The topological polar surface area (TPSA) is 18.5 Å². The van der Waals surface area contributed by atoms with Crippen LogP contribution in [0.4, 0.5) is 0 Å². The highest BCUT2D eigenvalue weighted by Gasteiger charge is 2.17. The van der Waals surface area contributed by atoms with Gasteiger partial charge in [-0.3, -0.25) is 0 Å². The lowest BCUT2D eigenvalue weighted by atomic mass is 10.0. The van der Waals surface area contributed by atoms with Crippen LogP contribution in [0.5, 0.6) is 5.75 Å². The molecule has 2 rings (SSSR count). The van der Waals surface area contributed by atoms with E-state index in [1.807, 2.05) is 0 Å². The quantitative estimate of drug-likeness (QED) is 0.742. The van der Waals surface area contributed by atoms with Crippen LogP contribution in [0.2, 0.25) is 0 Å². The van der Waals surface area contributed by atoms with Gasteiger partial charge in [-0.05, 0) is 36.1 Å². The molecule has 0 N–H and O–H groups in total. The second-order valence-corrected chi connectivity index (χ2v) is 6.45. The Morgan fingerprint density at radius 2 is 2.29 bits per heavy atom. The van der Waals surface area contributed by atoms with Crippen molar-refractivity contribution >= 4 is 31.9 Å². The van der Waals surface area contributed by atoms with Crippen LogP contribution < -0.4 is 4.74 Å². The number of hydrogen-bond acceptors (Lipinski definition) is 2. The molecule has 2 nitrogen and oxygen atoms in total. The fraction of sp³-hybridized carbons (Fsp3) is 0.538. The summed E-state index contributed by atoms with van der Waals surface area (Å²) in [6.45, 7) is 1.56. The van der Waals surface area contributed by atoms with E-state index in [9.17, 15) is 0 Å². The Morgan fingerprint density at radius 1 is 1.47 bits per heavy atom. The van der Waals surface area contributed by atoms with E-state index in [2.05, 4.69) is 44.0 Å².